The van der Waals surface area contributed by atoms with E-state index < -0.39 is 12.1 Å². The summed E-state index contributed by atoms with van der Waals surface area (Å²) in [5.41, 5.74) is 7.73. The molecule has 0 aliphatic rings. The van der Waals surface area contributed by atoms with Crippen LogP contribution < -0.4 is 0 Å². The van der Waals surface area contributed by atoms with Gasteiger partial charge in [-0.25, -0.2) is 0 Å². The van der Waals surface area contributed by atoms with E-state index in [0.717, 1.165) is 0 Å². The molecule has 0 unspecified atom stereocenters. The Labute approximate surface area is 71.7 Å². The molecule has 0 bridgehead atoms. The van der Waals surface area contributed by atoms with Crippen molar-refractivity contribution in [3.8, 4) is 0 Å². The van der Waals surface area contributed by atoms with Crippen molar-refractivity contribution in [2.45, 2.75) is 32.9 Å². The molecule has 12 heavy (non-hydrogen) atoms. The summed E-state index contributed by atoms with van der Waals surface area (Å²) in [5, 5.41) is 21.6. The second-order valence-corrected chi connectivity index (χ2v) is 3.77. The first kappa shape index (κ1) is 11.2. The van der Waals surface area contributed by atoms with E-state index >= 15 is 0 Å². The van der Waals surface area contributed by atoms with E-state index in [-0.39, 0.29) is 12.0 Å². The largest absolute Gasteiger partial charge is 0.396 e. The maximum atomic E-state index is 9.55. The molecule has 0 fully saturated rings. The highest BCUT2D eigenvalue weighted by Gasteiger charge is 2.29. The van der Waals surface area contributed by atoms with Crippen LogP contribution in [0.4, 0.5) is 0 Å². The minimum Gasteiger partial charge on any atom is -0.396 e. The Bertz CT molecular complexity index is 182. The third kappa shape index (κ3) is 3.09. The van der Waals surface area contributed by atoms with Crippen molar-refractivity contribution < 1.29 is 10.2 Å². The number of azide groups is 1. The van der Waals surface area contributed by atoms with Crippen LogP contribution in [0.1, 0.15) is 20.8 Å². The second-order valence-electron chi connectivity index (χ2n) is 3.77. The maximum Gasteiger partial charge on any atom is 0.0869 e. The zero-order valence-corrected chi connectivity index (χ0v) is 7.60. The molecule has 0 saturated heterocycles. The van der Waals surface area contributed by atoms with Gasteiger partial charge in [0.15, 0.2) is 0 Å². The van der Waals surface area contributed by atoms with E-state index in [2.05, 4.69) is 10.0 Å². The van der Waals surface area contributed by atoms with Crippen molar-refractivity contribution in [3.63, 3.8) is 0 Å². The molecule has 0 aromatic heterocycles. The summed E-state index contributed by atoms with van der Waals surface area (Å²) in [7, 11) is 0. The lowest BCUT2D eigenvalue weighted by Crippen LogP contribution is -2.38. The summed E-state index contributed by atoms with van der Waals surface area (Å²) in [6.45, 7) is 5.11. The molecule has 70 valence electrons. The van der Waals surface area contributed by atoms with Crippen molar-refractivity contribution in [1.82, 2.24) is 0 Å². The predicted molar refractivity (Wildman–Crippen MR) is 45.5 cm³/mol. The monoisotopic (exact) mass is 173 g/mol. The summed E-state index contributed by atoms with van der Waals surface area (Å²) in [6, 6.07) is -0.755. The van der Waals surface area contributed by atoms with Crippen molar-refractivity contribution in [2.75, 3.05) is 6.61 Å². The zero-order chi connectivity index (χ0) is 9.78. The standard InChI is InChI=1S/C7H15N3O2/c1-7(2,3)6(12)5(4-11)9-10-8/h5-6,11-12H,4H2,1-3H3/t5-,6-/m0/s1. The summed E-state index contributed by atoms with van der Waals surface area (Å²) < 4.78 is 0. The minimum absolute atomic E-state index is 0.331. The Balaban J connectivity index is 4.41. The Kier molecular flexibility index (Phi) is 4.03. The molecule has 0 saturated carbocycles. The van der Waals surface area contributed by atoms with Gasteiger partial charge in [-0.3, -0.25) is 0 Å². The number of aliphatic hydroxyl groups excluding tert-OH is 2. The molecule has 5 nitrogen and oxygen atoms in total. The van der Waals surface area contributed by atoms with Crippen molar-refractivity contribution in [3.05, 3.63) is 10.4 Å². The maximum absolute atomic E-state index is 9.55. The van der Waals surface area contributed by atoms with Crippen molar-refractivity contribution >= 4 is 0 Å². The van der Waals surface area contributed by atoms with Crippen LogP contribution in [-0.2, 0) is 0 Å². The first-order valence-electron chi connectivity index (χ1n) is 3.76. The van der Waals surface area contributed by atoms with E-state index in [0.29, 0.717) is 0 Å². The average Bonchev–Trinajstić information content (AvgIpc) is 1.97. The summed E-state index contributed by atoms with van der Waals surface area (Å²) in [6.07, 6.45) is -0.821. The highest BCUT2D eigenvalue weighted by Crippen LogP contribution is 2.23. The van der Waals surface area contributed by atoms with Crippen LogP contribution in [0.3, 0.4) is 0 Å². The average molecular weight is 173 g/mol. The molecule has 5 heteroatoms. The van der Waals surface area contributed by atoms with E-state index in [1.807, 2.05) is 20.8 Å². The van der Waals surface area contributed by atoms with Crippen LogP contribution in [0.25, 0.3) is 10.4 Å². The van der Waals surface area contributed by atoms with Crippen molar-refractivity contribution in [1.29, 1.82) is 0 Å². The van der Waals surface area contributed by atoms with Gasteiger partial charge in [-0.05, 0) is 10.9 Å². The molecule has 0 spiro atoms. The predicted octanol–water partition coefficient (Wildman–Crippen LogP) is 1.06. The zero-order valence-electron chi connectivity index (χ0n) is 7.60. The van der Waals surface area contributed by atoms with Crippen LogP contribution in [0, 0.1) is 5.41 Å². The highest BCUT2D eigenvalue weighted by atomic mass is 16.3. The number of aliphatic hydroxyl groups is 2. The van der Waals surface area contributed by atoms with E-state index in [1.54, 1.807) is 0 Å². The fourth-order valence-corrected chi connectivity index (χ4v) is 0.843. The number of rotatable bonds is 3. The van der Waals surface area contributed by atoms with Gasteiger partial charge < -0.3 is 10.2 Å². The Morgan fingerprint density at radius 1 is 1.50 bits per heavy atom. The summed E-state index contributed by atoms with van der Waals surface area (Å²) >= 11 is 0. The molecular formula is C7H15N3O2. The number of nitrogens with zero attached hydrogens (tertiary/aromatic N) is 3. The normalized spacial score (nSPS) is 16.4. The lowest BCUT2D eigenvalue weighted by molar-refractivity contribution is 0.0232. The lowest BCUT2D eigenvalue weighted by atomic mass is 9.85. The Morgan fingerprint density at radius 2 is 2.00 bits per heavy atom. The van der Waals surface area contributed by atoms with E-state index in [1.165, 1.54) is 0 Å². The molecule has 0 amide bonds. The topological polar surface area (TPSA) is 89.2 Å². The highest BCUT2D eigenvalue weighted by molar-refractivity contribution is 4.84. The smallest absolute Gasteiger partial charge is 0.0869 e. The van der Waals surface area contributed by atoms with Crippen LogP contribution >= 0.6 is 0 Å². The lowest BCUT2D eigenvalue weighted by Gasteiger charge is -2.29. The van der Waals surface area contributed by atoms with Gasteiger partial charge in [0.1, 0.15) is 0 Å². The first-order chi connectivity index (χ1) is 5.43. The molecule has 0 aliphatic heterocycles. The van der Waals surface area contributed by atoms with E-state index in [9.17, 15) is 5.11 Å². The third-order valence-corrected chi connectivity index (χ3v) is 1.64. The van der Waals surface area contributed by atoms with Gasteiger partial charge in [-0.1, -0.05) is 25.9 Å². The fourth-order valence-electron chi connectivity index (χ4n) is 0.843. The van der Waals surface area contributed by atoms with Gasteiger partial charge >= 0.3 is 0 Å². The molecule has 0 heterocycles. The van der Waals surface area contributed by atoms with Gasteiger partial charge in [0, 0.05) is 4.91 Å². The van der Waals surface area contributed by atoms with Gasteiger partial charge in [0.05, 0.1) is 18.8 Å². The molecular weight excluding hydrogens is 158 g/mol. The number of hydrogen-bond donors (Lipinski definition) is 2. The summed E-state index contributed by atoms with van der Waals surface area (Å²) in [4.78, 5) is 2.55. The molecule has 2 atom stereocenters. The molecule has 0 aliphatic carbocycles. The number of hydrogen-bond acceptors (Lipinski definition) is 3. The molecule has 0 rings (SSSR count). The van der Waals surface area contributed by atoms with Crippen LogP contribution in [0.2, 0.25) is 0 Å². The minimum atomic E-state index is -0.821. The van der Waals surface area contributed by atoms with Gasteiger partial charge in [0.25, 0.3) is 0 Å². The van der Waals surface area contributed by atoms with E-state index in [4.69, 9.17) is 10.6 Å². The van der Waals surface area contributed by atoms with Gasteiger partial charge in [-0.2, -0.15) is 0 Å². The molecule has 2 N–H and O–H groups in total. The second kappa shape index (κ2) is 4.30. The Morgan fingerprint density at radius 3 is 2.25 bits per heavy atom. The quantitative estimate of drug-likeness (QED) is 0.379. The molecule has 0 radical (unpaired) electrons. The fraction of sp³-hybridized carbons (Fsp3) is 1.00. The molecule has 0 aromatic carbocycles. The third-order valence-electron chi connectivity index (χ3n) is 1.64. The first-order valence-corrected chi connectivity index (χ1v) is 3.76. The van der Waals surface area contributed by atoms with Crippen LogP contribution in [-0.4, -0.2) is 29.0 Å². The Hall–Kier alpha value is -0.770. The van der Waals surface area contributed by atoms with Crippen LogP contribution in [0.15, 0.2) is 5.11 Å². The van der Waals surface area contributed by atoms with Gasteiger partial charge in [0.2, 0.25) is 0 Å². The summed E-state index contributed by atoms with van der Waals surface area (Å²) in [5.74, 6) is 0. The van der Waals surface area contributed by atoms with Crippen molar-refractivity contribution in [2.24, 2.45) is 10.5 Å². The van der Waals surface area contributed by atoms with Gasteiger partial charge in [-0.15, -0.1) is 0 Å². The van der Waals surface area contributed by atoms with Crippen LogP contribution in [0.5, 0.6) is 0 Å². The SMILES string of the molecule is CC(C)(C)[C@@H](O)[C@H](CO)N=[N+]=[N-]. The molecule has 0 aromatic rings.